The van der Waals surface area contributed by atoms with Crippen LogP contribution < -0.4 is 20.7 Å². The maximum Gasteiger partial charge on any atom is 0.313 e. The van der Waals surface area contributed by atoms with E-state index in [1.807, 2.05) is 26.0 Å². The lowest BCUT2D eigenvalue weighted by Gasteiger charge is -2.26. The lowest BCUT2D eigenvalue weighted by atomic mass is 9.94. The predicted octanol–water partition coefficient (Wildman–Crippen LogP) is 5.33. The van der Waals surface area contributed by atoms with Gasteiger partial charge in [-0.05, 0) is 62.2 Å². The highest BCUT2D eigenvalue weighted by Crippen LogP contribution is 2.32. The average Bonchev–Trinajstić information content (AvgIpc) is 3.44. The largest absolute Gasteiger partial charge is 0.496 e. The number of benzene rings is 3. The summed E-state index contributed by atoms with van der Waals surface area (Å²) >= 11 is 6.10. The van der Waals surface area contributed by atoms with Crippen LogP contribution in [0.1, 0.15) is 29.8 Å². The molecule has 3 N–H and O–H groups in total. The van der Waals surface area contributed by atoms with E-state index < -0.39 is 17.4 Å². The second kappa shape index (κ2) is 11.8. The van der Waals surface area contributed by atoms with Crippen LogP contribution in [0.15, 0.2) is 83.7 Å². The third kappa shape index (κ3) is 7.03. The van der Waals surface area contributed by atoms with Crippen molar-refractivity contribution in [2.45, 2.75) is 25.8 Å². The molecule has 1 heterocycles. The van der Waals surface area contributed by atoms with Gasteiger partial charge < -0.3 is 25.1 Å². The van der Waals surface area contributed by atoms with Crippen LogP contribution in [-0.2, 0) is 16.0 Å². The van der Waals surface area contributed by atoms with Crippen LogP contribution in [0, 0.1) is 0 Å². The number of hydrogen-bond acceptors (Lipinski definition) is 6. The van der Waals surface area contributed by atoms with E-state index in [4.69, 9.17) is 20.8 Å². The van der Waals surface area contributed by atoms with Gasteiger partial charge in [-0.1, -0.05) is 35.9 Å². The lowest BCUT2D eigenvalue weighted by molar-refractivity contribution is -0.137. The number of amides is 3. The number of carbonyl (C=O) groups is 3. The zero-order chi connectivity index (χ0) is 28.0. The molecule has 0 saturated carbocycles. The van der Waals surface area contributed by atoms with Crippen molar-refractivity contribution in [1.29, 1.82) is 0 Å². The van der Waals surface area contributed by atoms with Gasteiger partial charge in [-0.15, -0.1) is 0 Å². The summed E-state index contributed by atoms with van der Waals surface area (Å²) in [7, 11) is 1.50. The van der Waals surface area contributed by atoms with Gasteiger partial charge in [0.25, 0.3) is 5.91 Å². The average molecular weight is 547 g/mol. The van der Waals surface area contributed by atoms with Crippen LogP contribution >= 0.6 is 11.6 Å². The van der Waals surface area contributed by atoms with E-state index in [1.54, 1.807) is 60.8 Å². The summed E-state index contributed by atoms with van der Waals surface area (Å²) in [6.45, 7) is 3.64. The second-order valence-corrected chi connectivity index (χ2v) is 9.79. The van der Waals surface area contributed by atoms with Gasteiger partial charge in [-0.2, -0.15) is 0 Å². The van der Waals surface area contributed by atoms with Gasteiger partial charge in [0.15, 0.2) is 12.2 Å². The summed E-state index contributed by atoms with van der Waals surface area (Å²) in [5.74, 6) is -0.925. The molecular weight excluding hydrogens is 520 g/mol. The molecule has 200 valence electrons. The number of oxazole rings is 1. The fourth-order valence-corrected chi connectivity index (χ4v) is 4.20. The number of rotatable bonds is 8. The smallest absolute Gasteiger partial charge is 0.313 e. The fraction of sp³-hybridized carbons (Fsp3) is 0.172. The molecular formula is C29H27ClN4O5. The molecule has 3 aromatic carbocycles. The van der Waals surface area contributed by atoms with Gasteiger partial charge in [0.1, 0.15) is 5.75 Å². The van der Waals surface area contributed by atoms with E-state index in [-0.39, 0.29) is 5.91 Å². The number of nitrogens with one attached hydrogen (secondary N) is 3. The predicted molar refractivity (Wildman–Crippen MR) is 149 cm³/mol. The van der Waals surface area contributed by atoms with Gasteiger partial charge >= 0.3 is 11.8 Å². The van der Waals surface area contributed by atoms with E-state index in [1.165, 1.54) is 13.5 Å². The number of ether oxygens (including phenoxy) is 1. The van der Waals surface area contributed by atoms with Crippen LogP contribution in [0.5, 0.6) is 5.75 Å². The maximum atomic E-state index is 12.7. The molecule has 4 rings (SSSR count). The van der Waals surface area contributed by atoms with Gasteiger partial charge in [0, 0.05) is 23.0 Å². The Morgan fingerprint density at radius 1 is 0.949 bits per heavy atom. The topological polar surface area (TPSA) is 123 Å². The quantitative estimate of drug-likeness (QED) is 0.257. The van der Waals surface area contributed by atoms with Crippen molar-refractivity contribution in [3.05, 3.63) is 95.5 Å². The molecule has 0 bridgehead atoms. The number of aromatic nitrogens is 1. The number of nitrogens with zero attached hydrogens (tertiary/aromatic N) is 1. The highest BCUT2D eigenvalue weighted by molar-refractivity contribution is 6.39. The first-order valence-corrected chi connectivity index (χ1v) is 12.4. The first-order valence-electron chi connectivity index (χ1n) is 12.0. The zero-order valence-corrected chi connectivity index (χ0v) is 22.3. The molecule has 0 fully saturated rings. The van der Waals surface area contributed by atoms with E-state index in [0.717, 1.165) is 5.56 Å². The van der Waals surface area contributed by atoms with E-state index in [0.29, 0.717) is 45.5 Å². The number of halogens is 1. The molecule has 4 aromatic rings. The van der Waals surface area contributed by atoms with Gasteiger partial charge in [-0.3, -0.25) is 14.4 Å². The number of methoxy groups -OCH3 is 1. The summed E-state index contributed by atoms with van der Waals surface area (Å²) in [6.07, 6.45) is 3.31. The van der Waals surface area contributed by atoms with Gasteiger partial charge in [-0.25, -0.2) is 4.98 Å². The molecule has 0 saturated heterocycles. The standard InChI is InChI=1S/C29H27ClN4O5/c1-29(2,15-18-8-10-19(11-9-18)32-26(35)21-6-4-5-7-23(21)30)34-28(37)27(36)33-20-12-13-22(24(14-20)38-3)25-16-31-17-39-25/h4-14,16-17H,15H2,1-3H3,(H,32,35)(H,33,36)(H,34,37). The Kier molecular flexibility index (Phi) is 8.31. The summed E-state index contributed by atoms with van der Waals surface area (Å²) in [6, 6.07) is 19.0. The third-order valence-corrected chi connectivity index (χ3v) is 6.12. The summed E-state index contributed by atoms with van der Waals surface area (Å²) in [4.78, 5) is 41.6. The molecule has 0 radical (unpaired) electrons. The Morgan fingerprint density at radius 3 is 2.33 bits per heavy atom. The van der Waals surface area contributed by atoms with Crippen molar-refractivity contribution >= 4 is 40.7 Å². The molecule has 0 aliphatic carbocycles. The second-order valence-electron chi connectivity index (χ2n) is 9.38. The first-order chi connectivity index (χ1) is 18.6. The van der Waals surface area contributed by atoms with Crippen molar-refractivity contribution in [3.63, 3.8) is 0 Å². The minimum absolute atomic E-state index is 0.308. The Balaban J connectivity index is 1.33. The number of carbonyl (C=O) groups excluding carboxylic acids is 3. The van der Waals surface area contributed by atoms with Crippen LogP contribution in [-0.4, -0.2) is 35.4 Å². The van der Waals surface area contributed by atoms with Crippen molar-refractivity contribution < 1.29 is 23.5 Å². The molecule has 1 aromatic heterocycles. The molecule has 0 atom stereocenters. The molecule has 0 aliphatic heterocycles. The Hall–Kier alpha value is -4.63. The summed E-state index contributed by atoms with van der Waals surface area (Å²) in [5.41, 5.74) is 2.22. The maximum absolute atomic E-state index is 12.7. The molecule has 3 amide bonds. The van der Waals surface area contributed by atoms with E-state index in [2.05, 4.69) is 20.9 Å². The van der Waals surface area contributed by atoms with E-state index >= 15 is 0 Å². The van der Waals surface area contributed by atoms with Crippen molar-refractivity contribution in [2.75, 3.05) is 17.7 Å². The monoisotopic (exact) mass is 546 g/mol. The number of anilines is 2. The summed E-state index contributed by atoms with van der Waals surface area (Å²) < 4.78 is 10.7. The van der Waals surface area contributed by atoms with Crippen LogP contribution in [0.25, 0.3) is 11.3 Å². The van der Waals surface area contributed by atoms with Crippen LogP contribution in [0.2, 0.25) is 5.02 Å². The van der Waals surface area contributed by atoms with Gasteiger partial charge in [0.05, 0.1) is 29.5 Å². The third-order valence-electron chi connectivity index (χ3n) is 5.79. The van der Waals surface area contributed by atoms with Gasteiger partial charge in [0.2, 0.25) is 0 Å². The molecule has 0 unspecified atom stereocenters. The highest BCUT2D eigenvalue weighted by atomic mass is 35.5. The lowest BCUT2D eigenvalue weighted by Crippen LogP contribution is -2.49. The van der Waals surface area contributed by atoms with E-state index in [9.17, 15) is 14.4 Å². The first kappa shape index (κ1) is 27.4. The normalized spacial score (nSPS) is 11.0. The molecule has 9 nitrogen and oxygen atoms in total. The van der Waals surface area contributed by atoms with Crippen molar-refractivity contribution in [3.8, 4) is 17.1 Å². The van der Waals surface area contributed by atoms with Crippen LogP contribution in [0.4, 0.5) is 11.4 Å². The van der Waals surface area contributed by atoms with Crippen LogP contribution in [0.3, 0.4) is 0 Å². The Labute approximate surface area is 230 Å². The SMILES string of the molecule is COc1cc(NC(=O)C(=O)NC(C)(C)Cc2ccc(NC(=O)c3ccccc3Cl)cc2)ccc1-c1cnco1. The highest BCUT2D eigenvalue weighted by Gasteiger charge is 2.25. The van der Waals surface area contributed by atoms with Crippen molar-refractivity contribution in [2.24, 2.45) is 0 Å². The minimum Gasteiger partial charge on any atom is -0.496 e. The zero-order valence-electron chi connectivity index (χ0n) is 21.6. The Morgan fingerprint density at radius 2 is 1.67 bits per heavy atom. The Bertz CT molecular complexity index is 1480. The molecule has 0 aliphatic rings. The minimum atomic E-state index is -0.810. The molecule has 0 spiro atoms. The molecule has 39 heavy (non-hydrogen) atoms. The molecule has 10 heteroatoms. The van der Waals surface area contributed by atoms with Crippen molar-refractivity contribution in [1.82, 2.24) is 10.3 Å². The summed E-state index contributed by atoms with van der Waals surface area (Å²) in [5, 5.41) is 8.55. The number of hydrogen-bond donors (Lipinski definition) is 3. The fourth-order valence-electron chi connectivity index (χ4n) is 3.98.